The molecule has 68 heavy (non-hydrogen) atoms. The van der Waals surface area contributed by atoms with E-state index in [1.807, 2.05) is 37.3 Å². The second-order valence-corrected chi connectivity index (χ2v) is 17.1. The number of anilines is 3. The highest BCUT2D eigenvalue weighted by molar-refractivity contribution is 9.10. The minimum Gasteiger partial charge on any atom is -0.457 e. The molecule has 1 aliphatic rings. The predicted molar refractivity (Wildman–Crippen MR) is 253 cm³/mol. The van der Waals surface area contributed by atoms with Crippen LogP contribution >= 0.6 is 27.5 Å². The molecule has 1 saturated heterocycles. The fraction of sp³-hybridized carbons (Fsp3) is 0.200. The second kappa shape index (κ2) is 20.6. The van der Waals surface area contributed by atoms with Gasteiger partial charge in [-0.15, -0.1) is 13.2 Å². The SMILES string of the molecule is CCc1nc2ccc(Cl)cn2c1C(=O)NCc1ccc(N2CCC(c3ccc(OC(F)(F)F)cc3)CC2)cc1.FC(F)(F)c1ccc(Oc2ccc(Nc3ncnc4cc(Br)ccc34)cc2)cc1. The van der Waals surface area contributed by atoms with Crippen LogP contribution in [-0.2, 0) is 19.1 Å². The van der Waals surface area contributed by atoms with Crippen molar-refractivity contribution >= 4 is 67.2 Å². The molecule has 0 atom stereocenters. The number of imidazole rings is 1. The van der Waals surface area contributed by atoms with Crippen LogP contribution in [0.4, 0.5) is 43.5 Å². The van der Waals surface area contributed by atoms with E-state index >= 15 is 0 Å². The summed E-state index contributed by atoms with van der Waals surface area (Å²) in [6.45, 7) is 4.04. The number of benzene rings is 5. The number of piperidine rings is 1. The molecule has 3 aromatic heterocycles. The number of rotatable bonds is 11. The van der Waals surface area contributed by atoms with Crippen LogP contribution in [0.3, 0.4) is 0 Å². The minimum atomic E-state index is -4.68. The lowest BCUT2D eigenvalue weighted by atomic mass is 9.89. The lowest BCUT2D eigenvalue weighted by Gasteiger charge is -2.34. The lowest BCUT2D eigenvalue weighted by molar-refractivity contribution is -0.274. The zero-order valence-electron chi connectivity index (χ0n) is 36.1. The Morgan fingerprint density at radius 2 is 1.47 bits per heavy atom. The molecular weight excluding hydrogens is 976 g/mol. The first-order chi connectivity index (χ1) is 32.6. The van der Waals surface area contributed by atoms with Crippen LogP contribution in [0.25, 0.3) is 16.6 Å². The first kappa shape index (κ1) is 47.6. The average Bonchev–Trinajstić information content (AvgIpc) is 3.69. The third-order valence-corrected chi connectivity index (χ3v) is 11.9. The smallest absolute Gasteiger partial charge is 0.457 e. The molecule has 0 bridgehead atoms. The van der Waals surface area contributed by atoms with E-state index in [4.69, 9.17) is 16.3 Å². The second-order valence-electron chi connectivity index (χ2n) is 15.7. The van der Waals surface area contributed by atoms with Crippen molar-refractivity contribution in [1.29, 1.82) is 0 Å². The number of carbonyl (C=O) groups is 1. The monoisotopic (exact) mass is 1020 g/mol. The Bertz CT molecular complexity index is 3000. The molecule has 1 amide bonds. The molecule has 0 aliphatic carbocycles. The van der Waals surface area contributed by atoms with Gasteiger partial charge >= 0.3 is 12.5 Å². The molecule has 10 nitrogen and oxygen atoms in total. The Labute approximate surface area is 400 Å². The molecule has 5 aromatic carbocycles. The van der Waals surface area contributed by atoms with Crippen LogP contribution in [0.15, 0.2) is 144 Å². The number of aryl methyl sites for hydroxylation is 1. The summed E-state index contributed by atoms with van der Waals surface area (Å²) in [7, 11) is 0. The highest BCUT2D eigenvalue weighted by atomic mass is 79.9. The zero-order chi connectivity index (χ0) is 48.0. The molecule has 0 radical (unpaired) electrons. The highest BCUT2D eigenvalue weighted by Gasteiger charge is 2.32. The van der Waals surface area contributed by atoms with Crippen LogP contribution < -0.4 is 25.0 Å². The summed E-state index contributed by atoms with van der Waals surface area (Å²) in [4.78, 5) is 28.4. The topological polar surface area (TPSA) is 106 Å². The van der Waals surface area contributed by atoms with Crippen LogP contribution in [0.5, 0.6) is 17.2 Å². The molecule has 0 unspecified atom stereocenters. The van der Waals surface area contributed by atoms with Crippen molar-refractivity contribution in [1.82, 2.24) is 24.7 Å². The number of nitrogens with zero attached hydrogens (tertiary/aromatic N) is 5. The van der Waals surface area contributed by atoms with Gasteiger partial charge in [0.05, 0.1) is 21.8 Å². The third kappa shape index (κ3) is 12.0. The first-order valence-corrected chi connectivity index (χ1v) is 22.5. The standard InChI is InChI=1S/C29H28ClF3N4O2.C21H13BrF3N3O/c1-2-25-27(37-18-22(30)7-12-26(37)35-25)28(38)34-17-19-3-8-23(9-4-19)36-15-13-21(14-16-36)20-5-10-24(11-6-20)39-29(31,32)33;22-14-3-10-18-19(11-14)26-12-27-20(18)28-15-4-8-17(9-5-15)29-16-6-1-13(2-7-16)21(23,24)25/h3-12,18,21H,2,13-17H2,1H3,(H,34,38);1-12H,(H,26,27,28). The van der Waals surface area contributed by atoms with Gasteiger partial charge in [0, 0.05) is 47.1 Å². The number of ether oxygens (including phenoxy) is 2. The predicted octanol–water partition coefficient (Wildman–Crippen LogP) is 13.7. The summed E-state index contributed by atoms with van der Waals surface area (Å²) in [5, 5.41) is 7.64. The van der Waals surface area contributed by atoms with E-state index in [0.29, 0.717) is 46.6 Å². The number of fused-ring (bicyclic) bond motifs is 2. The van der Waals surface area contributed by atoms with Crippen LogP contribution in [0.2, 0.25) is 5.02 Å². The quantitative estimate of drug-likeness (QED) is 0.123. The van der Waals surface area contributed by atoms with E-state index in [-0.39, 0.29) is 17.6 Å². The average molecular weight is 1020 g/mol. The van der Waals surface area contributed by atoms with Crippen molar-refractivity contribution in [2.45, 2.75) is 51.2 Å². The van der Waals surface area contributed by atoms with E-state index in [0.717, 1.165) is 81.6 Å². The van der Waals surface area contributed by atoms with Gasteiger partial charge < -0.3 is 25.0 Å². The van der Waals surface area contributed by atoms with Crippen molar-refractivity contribution < 1.29 is 40.6 Å². The fourth-order valence-electron chi connectivity index (χ4n) is 7.78. The van der Waals surface area contributed by atoms with E-state index in [1.54, 1.807) is 59.1 Å². The Kier molecular flexibility index (Phi) is 14.4. The molecule has 4 heterocycles. The van der Waals surface area contributed by atoms with E-state index in [2.05, 4.69) is 63.3 Å². The minimum absolute atomic E-state index is 0.200. The molecule has 350 valence electrons. The number of hydrogen-bond donors (Lipinski definition) is 2. The maximum atomic E-state index is 13.0. The molecule has 1 fully saturated rings. The van der Waals surface area contributed by atoms with Crippen molar-refractivity contribution in [2.24, 2.45) is 0 Å². The van der Waals surface area contributed by atoms with Gasteiger partial charge in [-0.25, -0.2) is 15.0 Å². The molecule has 0 saturated carbocycles. The normalized spacial score (nSPS) is 13.2. The molecule has 0 spiro atoms. The molecule has 8 aromatic rings. The number of carbonyl (C=O) groups excluding carboxylic acids is 1. The summed E-state index contributed by atoms with van der Waals surface area (Å²) < 4.78 is 87.3. The van der Waals surface area contributed by atoms with Crippen LogP contribution in [0.1, 0.15) is 58.6 Å². The van der Waals surface area contributed by atoms with Gasteiger partial charge in [0.25, 0.3) is 5.91 Å². The van der Waals surface area contributed by atoms with E-state index in [1.165, 1.54) is 30.6 Å². The Morgan fingerprint density at radius 3 is 2.12 bits per heavy atom. The van der Waals surface area contributed by atoms with Crippen molar-refractivity contribution in [3.05, 3.63) is 177 Å². The largest absolute Gasteiger partial charge is 0.573 e. The number of pyridine rings is 1. The number of halogens is 8. The number of amides is 1. The van der Waals surface area contributed by atoms with Crippen LogP contribution in [0, 0.1) is 0 Å². The maximum Gasteiger partial charge on any atom is 0.573 e. The summed E-state index contributed by atoms with van der Waals surface area (Å²) in [5.74, 6) is 1.38. The van der Waals surface area contributed by atoms with Gasteiger partial charge in [0.15, 0.2) is 0 Å². The molecule has 9 rings (SSSR count). The number of nitrogens with one attached hydrogen (secondary N) is 2. The number of aromatic nitrogens is 4. The third-order valence-electron chi connectivity index (χ3n) is 11.2. The number of hydrogen-bond acceptors (Lipinski definition) is 8. The summed E-state index contributed by atoms with van der Waals surface area (Å²) >= 11 is 9.56. The lowest BCUT2D eigenvalue weighted by Crippen LogP contribution is -2.32. The van der Waals surface area contributed by atoms with Crippen molar-refractivity contribution in [3.63, 3.8) is 0 Å². The zero-order valence-corrected chi connectivity index (χ0v) is 38.4. The highest BCUT2D eigenvalue weighted by Crippen LogP contribution is 2.34. The summed E-state index contributed by atoms with van der Waals surface area (Å²) in [6.07, 6.45) is -3.43. The van der Waals surface area contributed by atoms with Gasteiger partial charge in [-0.2, -0.15) is 13.2 Å². The Hall–Kier alpha value is -6.85. The Morgan fingerprint density at radius 1 is 0.809 bits per heavy atom. The Balaban J connectivity index is 0.000000192. The summed E-state index contributed by atoms with van der Waals surface area (Å²) in [6, 6.07) is 35.2. The number of alkyl halides is 6. The molecule has 2 N–H and O–H groups in total. The van der Waals surface area contributed by atoms with Gasteiger partial charge in [-0.3, -0.25) is 9.20 Å². The molecule has 1 aliphatic heterocycles. The van der Waals surface area contributed by atoms with Gasteiger partial charge in [-0.1, -0.05) is 58.7 Å². The van der Waals surface area contributed by atoms with E-state index in [9.17, 15) is 31.1 Å². The van der Waals surface area contributed by atoms with Gasteiger partial charge in [0.2, 0.25) is 0 Å². The van der Waals surface area contributed by atoms with Crippen LogP contribution in [-0.4, -0.2) is 44.7 Å². The maximum absolute atomic E-state index is 13.0. The fourth-order valence-corrected chi connectivity index (χ4v) is 8.29. The molecule has 18 heteroatoms. The van der Waals surface area contributed by atoms with Crippen molar-refractivity contribution in [2.75, 3.05) is 23.3 Å². The van der Waals surface area contributed by atoms with Crippen molar-refractivity contribution in [3.8, 4) is 17.2 Å². The van der Waals surface area contributed by atoms with Gasteiger partial charge in [-0.05, 0) is 139 Å². The molecular formula is C50H41BrClF6N7O3. The van der Waals surface area contributed by atoms with E-state index < -0.39 is 18.1 Å². The summed E-state index contributed by atoms with van der Waals surface area (Å²) in [5.41, 5.74) is 5.88. The van der Waals surface area contributed by atoms with Gasteiger partial charge in [0.1, 0.15) is 40.7 Å². The first-order valence-electron chi connectivity index (χ1n) is 21.4.